The van der Waals surface area contributed by atoms with Gasteiger partial charge in [-0.25, -0.2) is 13.1 Å². The quantitative estimate of drug-likeness (QED) is 0.804. The van der Waals surface area contributed by atoms with Crippen molar-refractivity contribution >= 4 is 37.5 Å². The molecule has 3 heterocycles. The average molecular weight is 424 g/mol. The maximum Gasteiger partial charge on any atom is 0.226 e. The normalized spacial score (nSPS) is 24.8. The van der Waals surface area contributed by atoms with Gasteiger partial charge in [0, 0.05) is 22.4 Å². The maximum absolute atomic E-state index is 12.3. The predicted octanol–water partition coefficient (Wildman–Crippen LogP) is 2.79. The molecule has 1 aromatic carbocycles. The molecular weight excluding hydrogens is 406 g/mol. The highest BCUT2D eigenvalue weighted by atomic mass is 79.9. The Bertz CT molecular complexity index is 968. The first kappa shape index (κ1) is 16.8. The molecular formula is C17H18BrN3O3S. The van der Waals surface area contributed by atoms with Gasteiger partial charge in [0.2, 0.25) is 5.91 Å². The number of anilines is 1. The van der Waals surface area contributed by atoms with Crippen LogP contribution in [0.5, 0.6) is 0 Å². The van der Waals surface area contributed by atoms with E-state index in [1.807, 2.05) is 31.2 Å². The summed E-state index contributed by atoms with van der Waals surface area (Å²) in [6.07, 6.45) is 0.895. The number of fused-ring (bicyclic) bond motifs is 1. The Morgan fingerprint density at radius 3 is 2.84 bits per heavy atom. The zero-order valence-electron chi connectivity index (χ0n) is 13.7. The summed E-state index contributed by atoms with van der Waals surface area (Å²) in [6.45, 7) is 1.92. The van der Waals surface area contributed by atoms with Crippen molar-refractivity contribution in [3.8, 4) is 0 Å². The summed E-state index contributed by atoms with van der Waals surface area (Å²) in [5.74, 6) is 0.764. The number of nitrogens with one attached hydrogen (secondary N) is 1. The van der Waals surface area contributed by atoms with Crippen LogP contribution in [0.4, 0.5) is 5.82 Å². The highest BCUT2D eigenvalue weighted by Gasteiger charge is 2.37. The van der Waals surface area contributed by atoms with Gasteiger partial charge in [-0.3, -0.25) is 4.79 Å². The monoisotopic (exact) mass is 423 g/mol. The van der Waals surface area contributed by atoms with Crippen molar-refractivity contribution in [1.82, 2.24) is 9.78 Å². The molecule has 1 amide bonds. The lowest BCUT2D eigenvalue weighted by molar-refractivity contribution is -0.116. The molecule has 132 valence electrons. The minimum atomic E-state index is -3.03. The number of carbonyl (C=O) groups is 1. The van der Waals surface area contributed by atoms with Crippen molar-refractivity contribution in [1.29, 1.82) is 0 Å². The van der Waals surface area contributed by atoms with E-state index in [1.54, 1.807) is 4.68 Å². The number of aromatic nitrogens is 2. The summed E-state index contributed by atoms with van der Waals surface area (Å²) in [5, 5.41) is 7.52. The average Bonchev–Trinajstić information content (AvgIpc) is 3.06. The zero-order valence-corrected chi connectivity index (χ0v) is 16.1. The van der Waals surface area contributed by atoms with E-state index in [0.29, 0.717) is 18.7 Å². The predicted molar refractivity (Wildman–Crippen MR) is 98.5 cm³/mol. The molecule has 0 bridgehead atoms. The third-order valence-electron chi connectivity index (χ3n) is 4.93. The number of amides is 1. The fourth-order valence-electron chi connectivity index (χ4n) is 3.81. The molecule has 2 aliphatic rings. The molecule has 1 fully saturated rings. The molecule has 2 aromatic rings. The largest absolute Gasteiger partial charge is 0.311 e. The number of hydrogen-bond acceptors (Lipinski definition) is 4. The number of carbonyl (C=O) groups excluding carboxylic acids is 1. The minimum absolute atomic E-state index is 0.0699. The molecule has 0 saturated carbocycles. The molecule has 25 heavy (non-hydrogen) atoms. The van der Waals surface area contributed by atoms with Crippen molar-refractivity contribution in [2.75, 3.05) is 16.8 Å². The van der Waals surface area contributed by atoms with Crippen molar-refractivity contribution in [2.45, 2.75) is 31.7 Å². The summed E-state index contributed by atoms with van der Waals surface area (Å²) in [5.41, 5.74) is 2.87. The van der Waals surface area contributed by atoms with Crippen LogP contribution in [0.25, 0.3) is 0 Å². The van der Waals surface area contributed by atoms with Gasteiger partial charge in [-0.2, -0.15) is 5.10 Å². The molecule has 1 aromatic heterocycles. The Kier molecular flexibility index (Phi) is 3.99. The fourth-order valence-corrected chi connectivity index (χ4v) is 5.92. The smallest absolute Gasteiger partial charge is 0.226 e. The molecule has 6 nitrogen and oxygen atoms in total. The van der Waals surface area contributed by atoms with Crippen LogP contribution in [0, 0.1) is 6.92 Å². The van der Waals surface area contributed by atoms with Crippen LogP contribution in [0.15, 0.2) is 28.7 Å². The molecule has 1 N–H and O–H groups in total. The first-order valence-electron chi connectivity index (χ1n) is 8.19. The summed E-state index contributed by atoms with van der Waals surface area (Å²) >= 11 is 3.49. The molecule has 0 radical (unpaired) electrons. The zero-order chi connectivity index (χ0) is 17.8. The van der Waals surface area contributed by atoms with Gasteiger partial charge in [-0.1, -0.05) is 28.1 Å². The lowest BCUT2D eigenvalue weighted by atomic mass is 9.86. The summed E-state index contributed by atoms with van der Waals surface area (Å²) in [6, 6.07) is 7.72. The highest BCUT2D eigenvalue weighted by Crippen LogP contribution is 2.41. The van der Waals surface area contributed by atoms with Crippen LogP contribution < -0.4 is 5.32 Å². The first-order valence-corrected chi connectivity index (χ1v) is 10.8. The van der Waals surface area contributed by atoms with Gasteiger partial charge in [0.25, 0.3) is 0 Å². The van der Waals surface area contributed by atoms with Gasteiger partial charge in [-0.15, -0.1) is 0 Å². The maximum atomic E-state index is 12.3. The SMILES string of the molecule is Cc1nn([C@@H]2CCS(=O)(=O)C2)c2c1[C@@H](c1cccc(Br)c1)CC(=O)N2. The van der Waals surface area contributed by atoms with E-state index in [2.05, 4.69) is 26.3 Å². The van der Waals surface area contributed by atoms with Gasteiger partial charge in [0.1, 0.15) is 5.82 Å². The van der Waals surface area contributed by atoms with E-state index in [1.165, 1.54) is 0 Å². The summed E-state index contributed by atoms with van der Waals surface area (Å²) in [7, 11) is -3.03. The number of sulfone groups is 1. The number of aryl methyl sites for hydroxylation is 1. The molecule has 0 aliphatic carbocycles. The fraction of sp³-hybridized carbons (Fsp3) is 0.412. The van der Waals surface area contributed by atoms with Crippen molar-refractivity contribution in [2.24, 2.45) is 0 Å². The molecule has 4 rings (SSSR count). The van der Waals surface area contributed by atoms with Crippen LogP contribution in [0.1, 0.15) is 41.6 Å². The van der Waals surface area contributed by atoms with Crippen LogP contribution in [-0.4, -0.2) is 35.6 Å². The minimum Gasteiger partial charge on any atom is -0.311 e. The second-order valence-corrected chi connectivity index (χ2v) is 9.85. The molecule has 0 unspecified atom stereocenters. The molecule has 2 atom stereocenters. The van der Waals surface area contributed by atoms with Crippen LogP contribution in [-0.2, 0) is 14.6 Å². The third-order valence-corrected chi connectivity index (χ3v) is 7.18. The van der Waals surface area contributed by atoms with E-state index in [4.69, 9.17) is 0 Å². The highest BCUT2D eigenvalue weighted by molar-refractivity contribution is 9.10. The van der Waals surface area contributed by atoms with Crippen LogP contribution in [0.3, 0.4) is 0 Å². The Morgan fingerprint density at radius 2 is 2.16 bits per heavy atom. The number of nitrogens with zero attached hydrogens (tertiary/aromatic N) is 2. The standard InChI is InChI=1S/C17H18BrN3O3S/c1-10-16-14(11-3-2-4-12(18)7-11)8-15(22)19-17(16)21(20-10)13-5-6-25(23,24)9-13/h2-4,7,13-14H,5-6,8-9H2,1H3,(H,19,22)/t13-,14-/m1/s1. The van der Waals surface area contributed by atoms with Gasteiger partial charge >= 0.3 is 0 Å². The Labute approximate surface area is 154 Å². The van der Waals surface area contributed by atoms with E-state index >= 15 is 0 Å². The van der Waals surface area contributed by atoms with Crippen molar-refractivity contribution in [3.63, 3.8) is 0 Å². The van der Waals surface area contributed by atoms with Gasteiger partial charge in [0.05, 0.1) is 23.2 Å². The second-order valence-electron chi connectivity index (χ2n) is 6.71. The molecule has 2 aliphatic heterocycles. The van der Waals surface area contributed by atoms with E-state index < -0.39 is 9.84 Å². The number of hydrogen-bond donors (Lipinski definition) is 1. The van der Waals surface area contributed by atoms with E-state index in [0.717, 1.165) is 21.3 Å². The van der Waals surface area contributed by atoms with Gasteiger partial charge < -0.3 is 5.32 Å². The van der Waals surface area contributed by atoms with E-state index in [-0.39, 0.29) is 29.4 Å². The van der Waals surface area contributed by atoms with E-state index in [9.17, 15) is 13.2 Å². The Morgan fingerprint density at radius 1 is 1.36 bits per heavy atom. The lowest BCUT2D eigenvalue weighted by Gasteiger charge is -2.25. The lowest BCUT2D eigenvalue weighted by Crippen LogP contribution is -2.26. The van der Waals surface area contributed by atoms with Crippen molar-refractivity contribution in [3.05, 3.63) is 45.6 Å². The van der Waals surface area contributed by atoms with Crippen LogP contribution in [0.2, 0.25) is 0 Å². The number of halogens is 1. The van der Waals surface area contributed by atoms with Crippen molar-refractivity contribution < 1.29 is 13.2 Å². The molecule has 0 spiro atoms. The van der Waals surface area contributed by atoms with Gasteiger partial charge in [-0.05, 0) is 31.0 Å². The Balaban J connectivity index is 1.81. The summed E-state index contributed by atoms with van der Waals surface area (Å²) in [4.78, 5) is 12.3. The topological polar surface area (TPSA) is 81.1 Å². The van der Waals surface area contributed by atoms with Crippen LogP contribution >= 0.6 is 15.9 Å². The van der Waals surface area contributed by atoms with Gasteiger partial charge in [0.15, 0.2) is 9.84 Å². The summed E-state index contributed by atoms with van der Waals surface area (Å²) < 4.78 is 26.4. The second kappa shape index (κ2) is 5.95. The Hall–Kier alpha value is -1.67. The first-order chi connectivity index (χ1) is 11.8. The third kappa shape index (κ3) is 3.01. The molecule has 8 heteroatoms. The number of rotatable bonds is 2. The number of benzene rings is 1. The molecule has 1 saturated heterocycles.